The molecule has 0 aromatic carbocycles. The van der Waals surface area contributed by atoms with Gasteiger partial charge >= 0.3 is 0 Å². The number of piperidine rings is 1. The predicted molar refractivity (Wildman–Crippen MR) is 107 cm³/mol. The molecular weight excluding hydrogens is 326 g/mol. The lowest BCUT2D eigenvalue weighted by atomic mass is 9.87. The fourth-order valence-corrected chi connectivity index (χ4v) is 4.14. The van der Waals surface area contributed by atoms with Crippen LogP contribution < -0.4 is 0 Å². The van der Waals surface area contributed by atoms with Gasteiger partial charge in [-0.25, -0.2) is 0 Å². The zero-order valence-corrected chi connectivity index (χ0v) is 17.6. The zero-order chi connectivity index (χ0) is 18.9. The molecule has 0 aromatic rings. The maximum absolute atomic E-state index is 12.3. The van der Waals surface area contributed by atoms with Gasteiger partial charge < -0.3 is 14.5 Å². The lowest BCUT2D eigenvalue weighted by Crippen LogP contribution is -2.49. The molecule has 0 aromatic heterocycles. The van der Waals surface area contributed by atoms with Crippen molar-refractivity contribution < 1.29 is 9.53 Å². The maximum Gasteiger partial charge on any atom is 0.248 e. The Morgan fingerprint density at radius 3 is 2.27 bits per heavy atom. The minimum absolute atomic E-state index is 0.175. The fraction of sp³-hybridized carbons (Fsp3) is 0.952. The summed E-state index contributed by atoms with van der Waals surface area (Å²) in [7, 11) is 0. The van der Waals surface area contributed by atoms with Crippen LogP contribution in [0.2, 0.25) is 0 Å². The van der Waals surface area contributed by atoms with Crippen LogP contribution in [-0.4, -0.2) is 85.7 Å². The van der Waals surface area contributed by atoms with Crippen molar-refractivity contribution in [2.24, 2.45) is 11.8 Å². The van der Waals surface area contributed by atoms with E-state index in [0.29, 0.717) is 12.6 Å². The molecule has 26 heavy (non-hydrogen) atoms. The molecule has 5 heteroatoms. The van der Waals surface area contributed by atoms with Crippen LogP contribution in [0.1, 0.15) is 53.4 Å². The highest BCUT2D eigenvalue weighted by atomic mass is 16.5. The predicted octanol–water partition coefficient (Wildman–Crippen LogP) is 2.70. The molecule has 0 saturated carbocycles. The maximum atomic E-state index is 12.3. The van der Waals surface area contributed by atoms with Crippen molar-refractivity contribution in [3.63, 3.8) is 0 Å². The monoisotopic (exact) mass is 367 g/mol. The van der Waals surface area contributed by atoms with Gasteiger partial charge in [0.1, 0.15) is 6.61 Å². The molecule has 2 aliphatic heterocycles. The van der Waals surface area contributed by atoms with Crippen molar-refractivity contribution in [2.75, 3.05) is 59.0 Å². The van der Waals surface area contributed by atoms with Gasteiger partial charge in [0.25, 0.3) is 0 Å². The molecule has 0 N–H and O–H groups in total. The Kier molecular flexibility index (Phi) is 9.37. The number of likely N-dealkylation sites (tertiary alicyclic amines) is 1. The molecule has 2 fully saturated rings. The number of carbonyl (C=O) groups excluding carboxylic acids is 1. The highest BCUT2D eigenvalue weighted by Gasteiger charge is 2.24. The van der Waals surface area contributed by atoms with E-state index in [-0.39, 0.29) is 12.5 Å². The lowest BCUT2D eigenvalue weighted by molar-refractivity contribution is -0.137. The highest BCUT2D eigenvalue weighted by molar-refractivity contribution is 5.77. The Balaban J connectivity index is 1.50. The van der Waals surface area contributed by atoms with Crippen molar-refractivity contribution in [1.82, 2.24) is 14.7 Å². The highest BCUT2D eigenvalue weighted by Crippen LogP contribution is 2.24. The van der Waals surface area contributed by atoms with E-state index in [9.17, 15) is 4.79 Å². The Morgan fingerprint density at radius 1 is 1.04 bits per heavy atom. The summed E-state index contributed by atoms with van der Waals surface area (Å²) >= 11 is 0. The number of hydrogen-bond acceptors (Lipinski definition) is 4. The Bertz CT molecular complexity index is 400. The molecule has 2 aliphatic rings. The Hall–Kier alpha value is -0.650. The lowest BCUT2D eigenvalue weighted by Gasteiger charge is -2.37. The largest absolute Gasteiger partial charge is 0.372 e. The molecule has 152 valence electrons. The molecule has 0 radical (unpaired) electrons. The van der Waals surface area contributed by atoms with E-state index < -0.39 is 0 Å². The summed E-state index contributed by atoms with van der Waals surface area (Å²) in [6.45, 7) is 17.7. The fourth-order valence-electron chi connectivity index (χ4n) is 4.14. The Labute approximate surface area is 161 Å². The molecule has 2 heterocycles. The molecule has 2 saturated heterocycles. The summed E-state index contributed by atoms with van der Waals surface area (Å²) in [6.07, 6.45) is 4.54. The van der Waals surface area contributed by atoms with Gasteiger partial charge in [0.05, 0.1) is 0 Å². The summed E-state index contributed by atoms with van der Waals surface area (Å²) < 4.78 is 5.66. The number of ether oxygens (including phenoxy) is 1. The topological polar surface area (TPSA) is 36.0 Å². The van der Waals surface area contributed by atoms with Crippen LogP contribution in [0.15, 0.2) is 0 Å². The average Bonchev–Trinajstić information content (AvgIpc) is 2.67. The first-order chi connectivity index (χ1) is 12.5. The number of hydrogen-bond donors (Lipinski definition) is 0. The van der Waals surface area contributed by atoms with E-state index >= 15 is 0 Å². The van der Waals surface area contributed by atoms with Gasteiger partial charge in [0, 0.05) is 58.5 Å². The van der Waals surface area contributed by atoms with Crippen LogP contribution >= 0.6 is 0 Å². The van der Waals surface area contributed by atoms with Crippen molar-refractivity contribution in [1.29, 1.82) is 0 Å². The molecule has 0 spiro atoms. The molecule has 1 unspecified atom stereocenters. The minimum atomic E-state index is 0.175. The van der Waals surface area contributed by atoms with Crippen molar-refractivity contribution in [3.8, 4) is 0 Å². The molecular formula is C21H41N3O2. The minimum Gasteiger partial charge on any atom is -0.372 e. The summed E-state index contributed by atoms with van der Waals surface area (Å²) in [4.78, 5) is 19.4. The molecule has 1 atom stereocenters. The van der Waals surface area contributed by atoms with Gasteiger partial charge in [-0.15, -0.1) is 0 Å². The first-order valence-electron chi connectivity index (χ1n) is 10.8. The molecule has 1 amide bonds. The van der Waals surface area contributed by atoms with Gasteiger partial charge in [-0.05, 0) is 44.4 Å². The van der Waals surface area contributed by atoms with Crippen LogP contribution in [-0.2, 0) is 9.53 Å². The summed E-state index contributed by atoms with van der Waals surface area (Å²) in [6, 6.07) is 0.706. The number of rotatable bonds is 9. The van der Waals surface area contributed by atoms with Crippen molar-refractivity contribution >= 4 is 5.91 Å². The standard InChI is InChI=1S/C21H41N3O2/c1-5-19(4)23-14-12-22(13-15-23)9-6-16-26-17-21(25)24-10-7-20(8-11-24)18(2)3/h18-20H,5-17H2,1-4H3. The van der Waals surface area contributed by atoms with Gasteiger partial charge in [-0.1, -0.05) is 20.8 Å². The number of amides is 1. The zero-order valence-electron chi connectivity index (χ0n) is 17.6. The smallest absolute Gasteiger partial charge is 0.248 e. The first-order valence-corrected chi connectivity index (χ1v) is 10.8. The molecule has 5 nitrogen and oxygen atoms in total. The van der Waals surface area contributed by atoms with Crippen LogP contribution in [0.25, 0.3) is 0 Å². The van der Waals surface area contributed by atoms with Crippen molar-refractivity contribution in [2.45, 2.75) is 59.4 Å². The third-order valence-electron chi connectivity index (χ3n) is 6.44. The molecule has 0 aliphatic carbocycles. The van der Waals surface area contributed by atoms with Gasteiger partial charge in [0.2, 0.25) is 5.91 Å². The Morgan fingerprint density at radius 2 is 1.69 bits per heavy atom. The summed E-state index contributed by atoms with van der Waals surface area (Å²) in [5.74, 6) is 1.69. The number of piperazine rings is 1. The van der Waals surface area contributed by atoms with Crippen molar-refractivity contribution in [3.05, 3.63) is 0 Å². The van der Waals surface area contributed by atoms with Gasteiger partial charge in [0.15, 0.2) is 0 Å². The van der Waals surface area contributed by atoms with Gasteiger partial charge in [-0.3, -0.25) is 9.69 Å². The van der Waals surface area contributed by atoms with E-state index in [0.717, 1.165) is 63.8 Å². The van der Waals surface area contributed by atoms with Crippen LogP contribution in [0.4, 0.5) is 0 Å². The second-order valence-corrected chi connectivity index (χ2v) is 8.50. The second-order valence-electron chi connectivity index (χ2n) is 8.50. The van der Waals surface area contributed by atoms with Crippen LogP contribution in [0.5, 0.6) is 0 Å². The SMILES string of the molecule is CCC(C)N1CCN(CCCOCC(=O)N2CCC(C(C)C)CC2)CC1. The van der Waals surface area contributed by atoms with Crippen LogP contribution in [0, 0.1) is 11.8 Å². The van der Waals surface area contributed by atoms with E-state index in [1.807, 2.05) is 4.90 Å². The summed E-state index contributed by atoms with van der Waals surface area (Å²) in [5.41, 5.74) is 0. The van der Waals surface area contributed by atoms with E-state index in [1.165, 1.54) is 19.5 Å². The van der Waals surface area contributed by atoms with E-state index in [2.05, 4.69) is 37.5 Å². The number of nitrogens with zero attached hydrogens (tertiary/aromatic N) is 3. The molecule has 0 bridgehead atoms. The van der Waals surface area contributed by atoms with E-state index in [4.69, 9.17) is 4.74 Å². The van der Waals surface area contributed by atoms with Crippen LogP contribution in [0.3, 0.4) is 0 Å². The normalized spacial score (nSPS) is 22.1. The third-order valence-corrected chi connectivity index (χ3v) is 6.44. The summed E-state index contributed by atoms with van der Waals surface area (Å²) in [5, 5.41) is 0. The van der Waals surface area contributed by atoms with E-state index in [1.54, 1.807) is 0 Å². The molecule has 2 rings (SSSR count). The first kappa shape index (κ1) is 21.6. The second kappa shape index (κ2) is 11.3. The number of carbonyl (C=O) groups is 1. The third kappa shape index (κ3) is 6.82. The van der Waals surface area contributed by atoms with Gasteiger partial charge in [-0.2, -0.15) is 0 Å². The quantitative estimate of drug-likeness (QED) is 0.587. The average molecular weight is 368 g/mol.